The number of ether oxygens (including phenoxy) is 2. The van der Waals surface area contributed by atoms with E-state index in [1.54, 1.807) is 6.07 Å². The van der Waals surface area contributed by atoms with Crippen LogP contribution in [0.15, 0.2) is 66.7 Å². The molecule has 5 rings (SSSR count). The van der Waals surface area contributed by atoms with Gasteiger partial charge in [0, 0.05) is 30.3 Å². The van der Waals surface area contributed by atoms with Crippen molar-refractivity contribution in [3.05, 3.63) is 78.1 Å². The molecule has 45 heavy (non-hydrogen) atoms. The van der Waals surface area contributed by atoms with E-state index >= 15 is 0 Å². The second-order valence-corrected chi connectivity index (χ2v) is 12.9. The van der Waals surface area contributed by atoms with Crippen molar-refractivity contribution >= 4 is 28.8 Å². The van der Waals surface area contributed by atoms with Crippen LogP contribution in [-0.4, -0.2) is 39.8 Å². The summed E-state index contributed by atoms with van der Waals surface area (Å²) in [6, 6.07) is 22.2. The molecular formula is C37H46N4O4. The van der Waals surface area contributed by atoms with Crippen LogP contribution in [0.4, 0.5) is 10.5 Å². The molecular weight excluding hydrogens is 564 g/mol. The molecule has 1 heterocycles. The molecule has 0 aliphatic heterocycles. The lowest BCUT2D eigenvalue weighted by atomic mass is 9.95. The zero-order valence-electron chi connectivity index (χ0n) is 27.0. The minimum Gasteiger partial charge on any atom is -0.428 e. The van der Waals surface area contributed by atoms with Crippen molar-refractivity contribution in [2.75, 3.05) is 11.9 Å². The minimum atomic E-state index is -0.725. The third-order valence-corrected chi connectivity index (χ3v) is 8.08. The number of hydrogen-bond donors (Lipinski definition) is 2. The topological polar surface area (TPSA) is 94.5 Å². The van der Waals surface area contributed by atoms with Crippen molar-refractivity contribution < 1.29 is 19.1 Å². The number of rotatable bonds is 11. The second-order valence-electron chi connectivity index (χ2n) is 12.9. The fourth-order valence-electron chi connectivity index (χ4n) is 5.82. The van der Waals surface area contributed by atoms with E-state index in [9.17, 15) is 9.59 Å². The number of para-hydroxylation sites is 1. The summed E-state index contributed by atoms with van der Waals surface area (Å²) in [5.74, 6) is 1.55. The molecule has 8 nitrogen and oxygen atoms in total. The van der Waals surface area contributed by atoms with Crippen LogP contribution in [0, 0.1) is 0 Å². The molecule has 4 aromatic rings. The number of imidazole rings is 1. The van der Waals surface area contributed by atoms with Crippen LogP contribution >= 0.6 is 0 Å². The smallest absolute Gasteiger partial charge is 0.428 e. The van der Waals surface area contributed by atoms with E-state index in [0.717, 1.165) is 71.3 Å². The number of hydrogen-bond acceptors (Lipinski definition) is 6. The fraction of sp³-hybridized carbons (Fsp3) is 0.432. The van der Waals surface area contributed by atoms with Crippen LogP contribution in [-0.2, 0) is 22.5 Å². The third kappa shape index (κ3) is 8.87. The molecule has 0 saturated heterocycles. The first-order valence-corrected chi connectivity index (χ1v) is 16.3. The predicted octanol–water partition coefficient (Wildman–Crippen LogP) is 8.27. The van der Waals surface area contributed by atoms with Crippen LogP contribution in [0.25, 0.3) is 22.2 Å². The van der Waals surface area contributed by atoms with Gasteiger partial charge in [0.05, 0.1) is 17.6 Å². The van der Waals surface area contributed by atoms with E-state index in [1.807, 2.05) is 51.1 Å². The Labute approximate surface area is 266 Å². The number of unbranched alkanes of at least 4 members (excludes halogenated alkanes) is 1. The maximum absolute atomic E-state index is 12.6. The molecule has 0 radical (unpaired) electrons. The maximum atomic E-state index is 12.6. The van der Waals surface area contributed by atoms with E-state index in [2.05, 4.69) is 52.5 Å². The van der Waals surface area contributed by atoms with Gasteiger partial charge in [-0.1, -0.05) is 75.1 Å². The molecule has 0 spiro atoms. The molecule has 2 N–H and O–H groups in total. The number of aromatic nitrogens is 2. The highest BCUT2D eigenvalue weighted by molar-refractivity contribution is 5.84. The highest BCUT2D eigenvalue weighted by atomic mass is 16.7. The van der Waals surface area contributed by atoms with Gasteiger partial charge in [-0.25, -0.2) is 9.78 Å². The first kappa shape index (κ1) is 32.1. The molecule has 3 aromatic carbocycles. The Morgan fingerprint density at radius 3 is 2.47 bits per heavy atom. The Hall–Kier alpha value is -4.33. The summed E-state index contributed by atoms with van der Waals surface area (Å²) in [6.45, 7) is 8.53. The van der Waals surface area contributed by atoms with Gasteiger partial charge in [0.2, 0.25) is 5.91 Å². The number of nitrogens with one attached hydrogen (secondary N) is 2. The Kier molecular flexibility index (Phi) is 10.4. The van der Waals surface area contributed by atoms with Crippen molar-refractivity contribution in [2.45, 2.75) is 97.2 Å². The van der Waals surface area contributed by atoms with Gasteiger partial charge in [-0.2, -0.15) is 0 Å². The third-order valence-electron chi connectivity index (χ3n) is 8.08. The molecule has 0 atom stereocenters. The van der Waals surface area contributed by atoms with E-state index in [0.29, 0.717) is 18.3 Å². The van der Waals surface area contributed by atoms with Gasteiger partial charge in [-0.05, 0) is 75.4 Å². The van der Waals surface area contributed by atoms with Crippen molar-refractivity contribution in [1.29, 1.82) is 0 Å². The summed E-state index contributed by atoms with van der Waals surface area (Å²) in [7, 11) is 0. The quantitative estimate of drug-likeness (QED) is 0.131. The summed E-state index contributed by atoms with van der Waals surface area (Å²) in [5.41, 5.74) is 5.14. The van der Waals surface area contributed by atoms with Crippen LogP contribution in [0.1, 0.15) is 84.0 Å². The second kappa shape index (κ2) is 14.6. The number of nitrogens with zero attached hydrogens (tertiary/aromatic N) is 2. The van der Waals surface area contributed by atoms with Gasteiger partial charge in [0.1, 0.15) is 17.2 Å². The normalized spacial score (nSPS) is 13.9. The summed E-state index contributed by atoms with van der Waals surface area (Å²) < 4.78 is 13.2. The molecule has 1 aliphatic carbocycles. The average molecular weight is 611 g/mol. The van der Waals surface area contributed by atoms with Crippen LogP contribution in [0.2, 0.25) is 0 Å². The van der Waals surface area contributed by atoms with Gasteiger partial charge in [0.15, 0.2) is 0 Å². The summed E-state index contributed by atoms with van der Waals surface area (Å²) >= 11 is 0. The molecule has 1 aliphatic rings. The van der Waals surface area contributed by atoms with Gasteiger partial charge in [-0.15, -0.1) is 0 Å². The Bertz CT molecular complexity index is 1600. The molecule has 0 bridgehead atoms. The monoisotopic (exact) mass is 610 g/mol. The van der Waals surface area contributed by atoms with E-state index in [4.69, 9.17) is 14.5 Å². The van der Waals surface area contributed by atoms with Crippen molar-refractivity contribution in [1.82, 2.24) is 14.9 Å². The number of amides is 1. The highest BCUT2D eigenvalue weighted by Gasteiger charge is 2.20. The molecule has 1 amide bonds. The standard InChI is InChI=1S/C37H46N4O4/c1-5-6-16-34-40-31-22-21-29(38-24-35(42)39-28-12-8-7-9-13-28)23-32(31)41(34)25-26-17-19-27(20-18-26)30-14-10-11-15-33(30)44-36(43)45-37(2,3)4/h10-11,14-15,17-23,28,38H,5-9,12-13,16,24-25H2,1-4H3,(H,39,42). The van der Waals surface area contributed by atoms with Gasteiger partial charge in [0.25, 0.3) is 0 Å². The number of fused-ring (bicyclic) bond motifs is 1. The minimum absolute atomic E-state index is 0.0392. The molecule has 8 heteroatoms. The number of anilines is 1. The average Bonchev–Trinajstić information content (AvgIpc) is 3.35. The largest absolute Gasteiger partial charge is 0.514 e. The Morgan fingerprint density at radius 1 is 0.978 bits per heavy atom. The number of carbonyl (C=O) groups is 2. The van der Waals surface area contributed by atoms with Crippen molar-refractivity contribution in [3.63, 3.8) is 0 Å². The fourth-order valence-corrected chi connectivity index (χ4v) is 5.82. The van der Waals surface area contributed by atoms with Gasteiger partial charge >= 0.3 is 6.16 Å². The molecule has 1 fully saturated rings. The zero-order chi connectivity index (χ0) is 31.8. The Balaban J connectivity index is 1.32. The van der Waals surface area contributed by atoms with Crippen molar-refractivity contribution in [3.8, 4) is 16.9 Å². The van der Waals surface area contributed by atoms with Gasteiger partial charge in [-0.3, -0.25) is 4.79 Å². The molecule has 238 valence electrons. The summed E-state index contributed by atoms with van der Waals surface area (Å²) in [5, 5.41) is 6.51. The first-order valence-electron chi connectivity index (χ1n) is 16.3. The first-order chi connectivity index (χ1) is 21.7. The molecule has 1 saturated carbocycles. The maximum Gasteiger partial charge on any atom is 0.514 e. The van der Waals surface area contributed by atoms with E-state index < -0.39 is 11.8 Å². The highest BCUT2D eigenvalue weighted by Crippen LogP contribution is 2.31. The summed E-state index contributed by atoms with van der Waals surface area (Å²) in [6.07, 6.45) is 8.11. The lowest BCUT2D eigenvalue weighted by Gasteiger charge is -2.22. The molecule has 1 aromatic heterocycles. The zero-order valence-corrected chi connectivity index (χ0v) is 27.0. The van der Waals surface area contributed by atoms with E-state index in [1.165, 1.54) is 19.3 Å². The van der Waals surface area contributed by atoms with Crippen LogP contribution in [0.3, 0.4) is 0 Å². The predicted molar refractivity (Wildman–Crippen MR) is 180 cm³/mol. The number of benzene rings is 3. The van der Waals surface area contributed by atoms with Crippen molar-refractivity contribution in [2.24, 2.45) is 0 Å². The molecule has 0 unspecified atom stereocenters. The number of carbonyl (C=O) groups excluding carboxylic acids is 2. The SMILES string of the molecule is CCCCc1nc2ccc(NCC(=O)NC3CCCCC3)cc2n1Cc1ccc(-c2ccccc2OC(=O)OC(C)(C)C)cc1. The van der Waals surface area contributed by atoms with Crippen LogP contribution < -0.4 is 15.4 Å². The van der Waals surface area contributed by atoms with Gasteiger partial charge < -0.3 is 24.7 Å². The number of aryl methyl sites for hydroxylation is 1. The Morgan fingerprint density at radius 2 is 1.73 bits per heavy atom. The van der Waals surface area contributed by atoms with Crippen LogP contribution in [0.5, 0.6) is 5.75 Å². The van der Waals surface area contributed by atoms with E-state index in [-0.39, 0.29) is 12.5 Å². The lowest BCUT2D eigenvalue weighted by Crippen LogP contribution is -2.39. The lowest BCUT2D eigenvalue weighted by molar-refractivity contribution is -0.120. The summed E-state index contributed by atoms with van der Waals surface area (Å²) in [4.78, 5) is 30.0.